The predicted octanol–water partition coefficient (Wildman–Crippen LogP) is 5.78. The van der Waals surface area contributed by atoms with Crippen LogP contribution in [-0.2, 0) is 4.79 Å². The van der Waals surface area contributed by atoms with Gasteiger partial charge in [-0.3, -0.25) is 19.9 Å². The van der Waals surface area contributed by atoms with Crippen molar-refractivity contribution in [3.05, 3.63) is 66.2 Å². The number of H-pyrrole nitrogens is 2. The van der Waals surface area contributed by atoms with Crippen molar-refractivity contribution in [2.24, 2.45) is 5.92 Å². The highest BCUT2D eigenvalue weighted by atomic mass is 32.1. The van der Waals surface area contributed by atoms with Crippen LogP contribution < -0.4 is 5.32 Å². The molecule has 5 heterocycles. The van der Waals surface area contributed by atoms with E-state index >= 15 is 0 Å². The van der Waals surface area contributed by atoms with E-state index < -0.39 is 0 Å². The summed E-state index contributed by atoms with van der Waals surface area (Å²) >= 11 is 1.04. The van der Waals surface area contributed by atoms with Gasteiger partial charge in [0, 0.05) is 29.3 Å². The normalized spacial score (nSPS) is 13.5. The van der Waals surface area contributed by atoms with Crippen LogP contribution in [0.25, 0.3) is 55.2 Å². The number of imidazole rings is 1. The van der Waals surface area contributed by atoms with Crippen molar-refractivity contribution in [1.29, 1.82) is 0 Å². The highest BCUT2D eigenvalue weighted by molar-refractivity contribution is 7.13. The number of pyridine rings is 2. The van der Waals surface area contributed by atoms with Gasteiger partial charge in [0.1, 0.15) is 16.9 Å². The van der Waals surface area contributed by atoms with Gasteiger partial charge in [0.2, 0.25) is 5.91 Å². The van der Waals surface area contributed by atoms with Gasteiger partial charge in [0.05, 0.1) is 27.8 Å². The predicted molar refractivity (Wildman–Crippen MR) is 137 cm³/mol. The number of carbonyl (C=O) groups is 1. The van der Waals surface area contributed by atoms with E-state index in [1.807, 2.05) is 30.3 Å². The average molecular weight is 496 g/mol. The molecule has 1 saturated carbocycles. The number of nitrogens with zero attached hydrogens (tertiary/aromatic N) is 4. The molecule has 1 aromatic carbocycles. The number of amides is 1. The molecule has 0 spiro atoms. The Morgan fingerprint density at radius 1 is 1.03 bits per heavy atom. The van der Waals surface area contributed by atoms with E-state index in [9.17, 15) is 9.18 Å². The lowest BCUT2D eigenvalue weighted by atomic mass is 10.0. The molecule has 1 fully saturated rings. The maximum Gasteiger partial charge on any atom is 0.227 e. The first-order chi connectivity index (χ1) is 17.6. The zero-order chi connectivity index (χ0) is 24.2. The molecule has 7 rings (SSSR count). The summed E-state index contributed by atoms with van der Waals surface area (Å²) in [6.45, 7) is 0. The molecular weight excluding hydrogens is 477 g/mol. The monoisotopic (exact) mass is 495 g/mol. The molecule has 0 saturated heterocycles. The van der Waals surface area contributed by atoms with E-state index in [0.717, 1.165) is 51.7 Å². The Labute approximate surface area is 207 Å². The van der Waals surface area contributed by atoms with Crippen molar-refractivity contribution in [3.8, 4) is 33.2 Å². The second-order valence-electron chi connectivity index (χ2n) is 8.80. The van der Waals surface area contributed by atoms with Crippen LogP contribution in [0.5, 0.6) is 0 Å². The van der Waals surface area contributed by atoms with E-state index in [1.165, 1.54) is 6.07 Å². The topological polar surface area (TPSA) is 112 Å². The minimum absolute atomic E-state index is 0.0468. The van der Waals surface area contributed by atoms with Gasteiger partial charge in [0.25, 0.3) is 0 Å². The highest BCUT2D eigenvalue weighted by Gasteiger charge is 2.29. The van der Waals surface area contributed by atoms with Gasteiger partial charge in [-0.15, -0.1) is 11.3 Å². The van der Waals surface area contributed by atoms with Crippen LogP contribution in [0.15, 0.2) is 61.1 Å². The Hall–Kier alpha value is -4.44. The largest absolute Gasteiger partial charge is 0.336 e. The van der Waals surface area contributed by atoms with E-state index in [-0.39, 0.29) is 17.0 Å². The Bertz CT molecular complexity index is 1780. The number of hydrogen-bond donors (Lipinski definition) is 3. The molecular formula is C26H18FN7OS. The summed E-state index contributed by atoms with van der Waals surface area (Å²) in [5.41, 5.74) is 6.10. The summed E-state index contributed by atoms with van der Waals surface area (Å²) in [6, 6.07) is 12.9. The Morgan fingerprint density at radius 2 is 1.94 bits per heavy atom. The maximum absolute atomic E-state index is 13.6. The summed E-state index contributed by atoms with van der Waals surface area (Å²) in [7, 11) is 0. The van der Waals surface area contributed by atoms with Gasteiger partial charge < -0.3 is 10.3 Å². The van der Waals surface area contributed by atoms with Gasteiger partial charge in [-0.1, -0.05) is 6.07 Å². The first kappa shape index (κ1) is 20.9. The van der Waals surface area contributed by atoms with E-state index in [2.05, 4.69) is 30.5 Å². The summed E-state index contributed by atoms with van der Waals surface area (Å²) in [5, 5.41) is 11.2. The molecule has 36 heavy (non-hydrogen) atoms. The lowest BCUT2D eigenvalue weighted by Gasteiger charge is -2.07. The van der Waals surface area contributed by atoms with Crippen LogP contribution in [0.2, 0.25) is 0 Å². The van der Waals surface area contributed by atoms with Crippen LogP contribution >= 0.6 is 11.3 Å². The van der Waals surface area contributed by atoms with Crippen molar-refractivity contribution in [1.82, 2.24) is 30.1 Å². The van der Waals surface area contributed by atoms with E-state index in [0.29, 0.717) is 33.3 Å². The van der Waals surface area contributed by atoms with Gasteiger partial charge in [-0.2, -0.15) is 9.49 Å². The molecule has 10 heteroatoms. The van der Waals surface area contributed by atoms with Crippen LogP contribution in [0.1, 0.15) is 12.8 Å². The third kappa shape index (κ3) is 3.62. The third-order valence-electron chi connectivity index (χ3n) is 6.28. The number of anilines is 1. The minimum Gasteiger partial charge on any atom is -0.336 e. The molecule has 8 nitrogen and oxygen atoms in total. The van der Waals surface area contributed by atoms with Crippen molar-refractivity contribution < 1.29 is 9.18 Å². The molecule has 0 atom stereocenters. The van der Waals surface area contributed by atoms with Gasteiger partial charge >= 0.3 is 0 Å². The fourth-order valence-corrected chi connectivity index (χ4v) is 5.03. The first-order valence-corrected chi connectivity index (χ1v) is 12.3. The maximum atomic E-state index is 13.6. The number of nitrogens with one attached hydrogen (secondary N) is 3. The fraction of sp³-hybridized carbons (Fsp3) is 0.115. The van der Waals surface area contributed by atoms with Crippen LogP contribution in [0.4, 0.5) is 10.1 Å². The number of thiophene rings is 1. The number of aromatic nitrogens is 6. The van der Waals surface area contributed by atoms with Crippen molar-refractivity contribution in [2.75, 3.05) is 5.32 Å². The number of aromatic amines is 2. The number of hydrogen-bond acceptors (Lipinski definition) is 6. The highest BCUT2D eigenvalue weighted by Crippen LogP contribution is 2.35. The molecule has 1 aliphatic rings. The second kappa shape index (κ2) is 8.06. The van der Waals surface area contributed by atoms with E-state index in [1.54, 1.807) is 24.7 Å². The summed E-state index contributed by atoms with van der Waals surface area (Å²) in [6.07, 6.45) is 7.00. The van der Waals surface area contributed by atoms with E-state index in [4.69, 9.17) is 4.98 Å². The molecule has 1 amide bonds. The molecule has 0 bridgehead atoms. The number of benzene rings is 1. The third-order valence-corrected chi connectivity index (χ3v) is 7.16. The fourth-order valence-electron chi connectivity index (χ4n) is 4.30. The molecule has 0 aliphatic heterocycles. The minimum atomic E-state index is -0.268. The Kier molecular flexibility index (Phi) is 4.68. The van der Waals surface area contributed by atoms with Crippen molar-refractivity contribution in [2.45, 2.75) is 12.8 Å². The summed E-state index contributed by atoms with van der Waals surface area (Å²) < 4.78 is 13.6. The van der Waals surface area contributed by atoms with Crippen molar-refractivity contribution >= 4 is 44.9 Å². The zero-order valence-corrected chi connectivity index (χ0v) is 19.6. The van der Waals surface area contributed by atoms with Gasteiger partial charge in [0.15, 0.2) is 11.0 Å². The van der Waals surface area contributed by atoms with Crippen molar-refractivity contribution in [3.63, 3.8) is 0 Å². The Balaban J connectivity index is 1.28. The number of halogens is 1. The molecule has 0 radical (unpaired) electrons. The SMILES string of the molecule is O=C(Nc1cncc(-c2ccc3[nH]nc(-c4nc5c(-c6ccc(F)s6)nccc5[nH]4)c3c2)c1)C1CC1. The molecule has 176 valence electrons. The Morgan fingerprint density at radius 3 is 2.78 bits per heavy atom. The molecule has 6 aromatic rings. The van der Waals surface area contributed by atoms with Gasteiger partial charge in [-0.05, 0) is 54.8 Å². The standard InChI is InChI=1S/C26H18FN7OS/c27-21-6-5-20(36-21)24-23-19(7-8-29-24)31-25(32-23)22-17-10-14(3-4-18(17)33-34-22)15-9-16(12-28-11-15)30-26(35)13-1-2-13/h3-13H,1-2H2,(H,30,35)(H,31,32)(H,33,34). The van der Waals surface area contributed by atoms with Crippen LogP contribution in [-0.4, -0.2) is 36.0 Å². The van der Waals surface area contributed by atoms with Gasteiger partial charge in [-0.25, -0.2) is 4.98 Å². The van der Waals surface area contributed by atoms with Crippen LogP contribution in [0.3, 0.4) is 0 Å². The molecule has 5 aromatic heterocycles. The van der Waals surface area contributed by atoms with Crippen LogP contribution in [0, 0.1) is 11.0 Å². The second-order valence-corrected chi connectivity index (χ2v) is 9.84. The summed E-state index contributed by atoms with van der Waals surface area (Å²) in [4.78, 5) is 29.8. The summed E-state index contributed by atoms with van der Waals surface area (Å²) in [5.74, 6) is 0.755. The average Bonchev–Trinajstić information content (AvgIpc) is 3.30. The zero-order valence-electron chi connectivity index (χ0n) is 18.7. The lowest BCUT2D eigenvalue weighted by Crippen LogP contribution is -2.13. The molecule has 3 N–H and O–H groups in total. The number of carbonyl (C=O) groups excluding carboxylic acids is 1. The lowest BCUT2D eigenvalue weighted by molar-refractivity contribution is -0.117. The smallest absolute Gasteiger partial charge is 0.227 e. The quantitative estimate of drug-likeness (QED) is 0.281. The number of rotatable bonds is 5. The number of fused-ring (bicyclic) bond motifs is 2. The molecule has 1 aliphatic carbocycles. The first-order valence-electron chi connectivity index (χ1n) is 11.5. The molecule has 0 unspecified atom stereocenters.